The number of carbonyl (C=O) groups excluding carboxylic acids is 2. The smallest absolute Gasteiger partial charge is 0.410 e. The van der Waals surface area contributed by atoms with Crippen LogP contribution in [-0.2, 0) is 14.3 Å². The number of nitrogens with zero attached hydrogens (tertiary/aromatic N) is 1. The second kappa shape index (κ2) is 8.19. The summed E-state index contributed by atoms with van der Waals surface area (Å²) in [5, 5.41) is 2.93. The van der Waals surface area contributed by atoms with E-state index < -0.39 is 11.7 Å². The second-order valence-electron chi connectivity index (χ2n) is 7.99. The Morgan fingerprint density at radius 2 is 1.92 bits per heavy atom. The van der Waals surface area contributed by atoms with Crippen molar-refractivity contribution < 1.29 is 19.1 Å². The van der Waals surface area contributed by atoms with E-state index in [4.69, 9.17) is 9.47 Å². The first-order valence-corrected chi connectivity index (χ1v) is 9.15. The van der Waals surface area contributed by atoms with Gasteiger partial charge in [0.2, 0.25) is 5.91 Å². The summed E-state index contributed by atoms with van der Waals surface area (Å²) < 4.78 is 11.1. The van der Waals surface area contributed by atoms with Gasteiger partial charge in [-0.15, -0.1) is 0 Å². The third-order valence-corrected chi connectivity index (χ3v) is 4.42. The van der Waals surface area contributed by atoms with Crippen molar-refractivity contribution in [3.05, 3.63) is 0 Å². The molecule has 2 aliphatic rings. The van der Waals surface area contributed by atoms with E-state index in [1.807, 2.05) is 20.8 Å². The molecule has 0 aromatic rings. The van der Waals surface area contributed by atoms with Crippen LogP contribution in [0.2, 0.25) is 0 Å². The van der Waals surface area contributed by atoms with E-state index in [9.17, 15) is 9.59 Å². The number of hydrogen-bond donors (Lipinski definition) is 1. The van der Waals surface area contributed by atoms with Crippen LogP contribution < -0.4 is 5.32 Å². The van der Waals surface area contributed by atoms with E-state index in [2.05, 4.69) is 5.32 Å². The zero-order valence-electron chi connectivity index (χ0n) is 15.5. The summed E-state index contributed by atoms with van der Waals surface area (Å²) in [5.41, 5.74) is -0.506. The minimum Gasteiger partial charge on any atom is -0.444 e. The number of amides is 2. The third kappa shape index (κ3) is 6.30. The van der Waals surface area contributed by atoms with E-state index in [-0.39, 0.29) is 18.0 Å². The first-order valence-electron chi connectivity index (χ1n) is 9.15. The van der Waals surface area contributed by atoms with Gasteiger partial charge in [-0.05, 0) is 65.7 Å². The van der Waals surface area contributed by atoms with Crippen LogP contribution in [-0.4, -0.2) is 54.3 Å². The Balaban J connectivity index is 1.79. The maximum Gasteiger partial charge on any atom is 0.410 e. The molecule has 2 atom stereocenters. The standard InChI is InChI=1S/C18H32N2O4/c1-13(23-12-14-8-9-14)16(21)19-11-15-7-5-6-10-20(15)17(22)24-18(2,3)4/h13-15H,5-12H2,1-4H3,(H,19,21). The maximum absolute atomic E-state index is 12.4. The molecule has 24 heavy (non-hydrogen) atoms. The highest BCUT2D eigenvalue weighted by Crippen LogP contribution is 2.29. The van der Waals surface area contributed by atoms with Crippen molar-refractivity contribution >= 4 is 12.0 Å². The number of nitrogens with one attached hydrogen (secondary N) is 1. The molecule has 0 spiro atoms. The van der Waals surface area contributed by atoms with Crippen molar-refractivity contribution in [3.8, 4) is 0 Å². The van der Waals surface area contributed by atoms with Gasteiger partial charge >= 0.3 is 6.09 Å². The second-order valence-corrected chi connectivity index (χ2v) is 7.99. The van der Waals surface area contributed by atoms with Crippen LogP contribution in [0.5, 0.6) is 0 Å². The molecule has 0 aromatic carbocycles. The quantitative estimate of drug-likeness (QED) is 0.807. The largest absolute Gasteiger partial charge is 0.444 e. The molecule has 1 aliphatic carbocycles. The summed E-state index contributed by atoms with van der Waals surface area (Å²) in [6, 6.07) is -0.00631. The van der Waals surface area contributed by atoms with Crippen LogP contribution in [0.4, 0.5) is 4.79 Å². The van der Waals surface area contributed by atoms with E-state index in [0.717, 1.165) is 19.3 Å². The van der Waals surface area contributed by atoms with Gasteiger partial charge in [0.05, 0.1) is 12.6 Å². The fourth-order valence-corrected chi connectivity index (χ4v) is 2.78. The van der Waals surface area contributed by atoms with Gasteiger partial charge in [0.1, 0.15) is 11.7 Å². The lowest BCUT2D eigenvalue weighted by Gasteiger charge is -2.37. The summed E-state index contributed by atoms with van der Waals surface area (Å²) in [4.78, 5) is 26.3. The van der Waals surface area contributed by atoms with Crippen LogP contribution in [0.25, 0.3) is 0 Å². The zero-order valence-corrected chi connectivity index (χ0v) is 15.5. The van der Waals surface area contributed by atoms with Gasteiger partial charge in [-0.25, -0.2) is 4.79 Å². The van der Waals surface area contributed by atoms with E-state index in [1.165, 1.54) is 12.8 Å². The Hall–Kier alpha value is -1.30. The molecule has 1 heterocycles. The molecule has 0 bridgehead atoms. The Morgan fingerprint density at radius 1 is 1.21 bits per heavy atom. The van der Waals surface area contributed by atoms with E-state index in [0.29, 0.717) is 25.6 Å². The van der Waals surface area contributed by atoms with Gasteiger partial charge in [-0.2, -0.15) is 0 Å². The Labute approximate surface area is 145 Å². The van der Waals surface area contributed by atoms with Crippen LogP contribution in [0.15, 0.2) is 0 Å². The Morgan fingerprint density at radius 3 is 2.54 bits per heavy atom. The van der Waals surface area contributed by atoms with Gasteiger partial charge in [-0.3, -0.25) is 4.79 Å². The van der Waals surface area contributed by atoms with Gasteiger partial charge in [-0.1, -0.05) is 0 Å². The van der Waals surface area contributed by atoms with Crippen molar-refractivity contribution in [1.29, 1.82) is 0 Å². The van der Waals surface area contributed by atoms with Crippen molar-refractivity contribution in [2.24, 2.45) is 5.92 Å². The molecule has 2 fully saturated rings. The normalized spacial score (nSPS) is 22.8. The monoisotopic (exact) mass is 340 g/mol. The van der Waals surface area contributed by atoms with Crippen LogP contribution in [0.1, 0.15) is 59.8 Å². The molecule has 6 heteroatoms. The van der Waals surface area contributed by atoms with Gasteiger partial charge in [0.15, 0.2) is 0 Å². The van der Waals surface area contributed by atoms with Crippen LogP contribution in [0, 0.1) is 5.92 Å². The van der Waals surface area contributed by atoms with Gasteiger partial charge < -0.3 is 19.7 Å². The van der Waals surface area contributed by atoms with Crippen molar-refractivity contribution in [1.82, 2.24) is 10.2 Å². The lowest BCUT2D eigenvalue weighted by atomic mass is 10.0. The molecular weight excluding hydrogens is 308 g/mol. The molecule has 1 saturated carbocycles. The summed E-state index contributed by atoms with van der Waals surface area (Å²) >= 11 is 0. The van der Waals surface area contributed by atoms with E-state index in [1.54, 1.807) is 11.8 Å². The highest BCUT2D eigenvalue weighted by Gasteiger charge is 2.31. The zero-order chi connectivity index (χ0) is 17.7. The summed E-state index contributed by atoms with van der Waals surface area (Å²) in [7, 11) is 0. The van der Waals surface area contributed by atoms with Crippen molar-refractivity contribution in [2.75, 3.05) is 19.7 Å². The number of rotatable bonds is 6. The maximum atomic E-state index is 12.4. The number of piperidine rings is 1. The molecular formula is C18H32N2O4. The SMILES string of the molecule is CC(OCC1CC1)C(=O)NCC1CCCCN1C(=O)OC(C)(C)C. The number of ether oxygens (including phenoxy) is 2. The molecule has 2 unspecified atom stereocenters. The highest BCUT2D eigenvalue weighted by molar-refractivity contribution is 5.80. The molecule has 2 amide bonds. The third-order valence-electron chi connectivity index (χ3n) is 4.42. The number of likely N-dealkylation sites (tertiary alicyclic amines) is 1. The molecule has 6 nitrogen and oxygen atoms in total. The van der Waals surface area contributed by atoms with Crippen molar-refractivity contribution in [2.45, 2.75) is 77.5 Å². The fourth-order valence-electron chi connectivity index (χ4n) is 2.78. The number of hydrogen-bond acceptors (Lipinski definition) is 4. The molecule has 0 radical (unpaired) electrons. The minimum atomic E-state index is -0.506. The topological polar surface area (TPSA) is 67.9 Å². The number of carbonyl (C=O) groups is 2. The molecule has 1 aliphatic heterocycles. The van der Waals surface area contributed by atoms with Crippen LogP contribution in [0.3, 0.4) is 0 Å². The van der Waals surface area contributed by atoms with Crippen LogP contribution >= 0.6 is 0 Å². The lowest BCUT2D eigenvalue weighted by molar-refractivity contribution is -0.132. The summed E-state index contributed by atoms with van der Waals surface area (Å²) in [5.74, 6) is 0.534. The van der Waals surface area contributed by atoms with Crippen molar-refractivity contribution in [3.63, 3.8) is 0 Å². The molecule has 1 saturated heterocycles. The predicted octanol–water partition coefficient (Wildman–Crippen LogP) is 2.71. The molecule has 1 N–H and O–H groups in total. The van der Waals surface area contributed by atoms with Gasteiger partial charge in [0, 0.05) is 13.1 Å². The predicted molar refractivity (Wildman–Crippen MR) is 91.7 cm³/mol. The Kier molecular flexibility index (Phi) is 6.49. The summed E-state index contributed by atoms with van der Waals surface area (Å²) in [6.07, 6.45) is 4.61. The average molecular weight is 340 g/mol. The minimum absolute atomic E-state index is 0.00631. The highest BCUT2D eigenvalue weighted by atomic mass is 16.6. The van der Waals surface area contributed by atoms with Gasteiger partial charge in [0.25, 0.3) is 0 Å². The first kappa shape index (κ1) is 19.0. The molecule has 2 rings (SSSR count). The Bertz CT molecular complexity index is 443. The lowest BCUT2D eigenvalue weighted by Crippen LogP contribution is -2.51. The first-order chi connectivity index (χ1) is 11.3. The molecule has 138 valence electrons. The summed E-state index contributed by atoms with van der Waals surface area (Å²) in [6.45, 7) is 9.18. The van der Waals surface area contributed by atoms with E-state index >= 15 is 0 Å². The molecule has 0 aromatic heterocycles. The average Bonchev–Trinajstić information content (AvgIpc) is 3.33. The fraction of sp³-hybridized carbons (Fsp3) is 0.889.